The van der Waals surface area contributed by atoms with Crippen molar-refractivity contribution in [3.05, 3.63) is 30.1 Å². The van der Waals surface area contributed by atoms with Crippen molar-refractivity contribution in [3.8, 4) is 0 Å². The van der Waals surface area contributed by atoms with Gasteiger partial charge in [0.2, 0.25) is 10.0 Å². The van der Waals surface area contributed by atoms with Crippen LogP contribution in [0.3, 0.4) is 0 Å². The summed E-state index contributed by atoms with van der Waals surface area (Å²) in [4.78, 5) is 9.30. The summed E-state index contributed by atoms with van der Waals surface area (Å²) in [6, 6.07) is 6.45. The summed E-state index contributed by atoms with van der Waals surface area (Å²) < 4.78 is 25.4. The number of likely N-dealkylation sites (N-methyl/N-ethyl adjacent to an activating group) is 1. The summed E-state index contributed by atoms with van der Waals surface area (Å²) in [5, 5.41) is 0. The maximum atomic E-state index is 11.3. The number of rotatable bonds is 8. The summed E-state index contributed by atoms with van der Waals surface area (Å²) >= 11 is 0. The number of piperidine rings is 3. The van der Waals surface area contributed by atoms with E-state index >= 15 is 0 Å². The van der Waals surface area contributed by atoms with Gasteiger partial charge in [0.15, 0.2) is 0 Å². The Hall–Kier alpha value is -1.02. The molecule has 3 aliphatic heterocycles. The molecule has 0 aromatic carbocycles. The van der Waals surface area contributed by atoms with Crippen molar-refractivity contribution in [2.45, 2.75) is 25.3 Å². The molecule has 3 aliphatic rings. The van der Waals surface area contributed by atoms with Crippen molar-refractivity contribution in [2.24, 2.45) is 11.8 Å². The molecule has 4 rings (SSSR count). The van der Waals surface area contributed by atoms with Crippen LogP contribution in [0.25, 0.3) is 0 Å². The van der Waals surface area contributed by atoms with E-state index in [0.717, 1.165) is 44.7 Å². The number of hydrogen-bond acceptors (Lipinski definition) is 5. The number of nitrogens with zero attached hydrogens (tertiary/aromatic N) is 3. The maximum absolute atomic E-state index is 11.3. The summed E-state index contributed by atoms with van der Waals surface area (Å²) in [5.74, 6) is 1.41. The van der Waals surface area contributed by atoms with Crippen molar-refractivity contribution < 1.29 is 8.42 Å². The highest BCUT2D eigenvalue weighted by molar-refractivity contribution is 7.88. The summed E-state index contributed by atoms with van der Waals surface area (Å²) in [5.41, 5.74) is 1.15. The minimum absolute atomic E-state index is 0.364. The molecule has 25 heavy (non-hydrogen) atoms. The molecule has 4 heterocycles. The SMILES string of the molecule is CN(CCc1ccccn1)CC1CN2CCC1CC2CNS(C)(=O)=O. The van der Waals surface area contributed by atoms with E-state index in [0.29, 0.717) is 24.4 Å². The molecule has 3 fully saturated rings. The molecular weight excluding hydrogens is 336 g/mol. The van der Waals surface area contributed by atoms with Crippen molar-refractivity contribution >= 4 is 10.0 Å². The van der Waals surface area contributed by atoms with Gasteiger partial charge in [0, 0.05) is 50.5 Å². The topological polar surface area (TPSA) is 65.5 Å². The Morgan fingerprint density at radius 3 is 2.88 bits per heavy atom. The average molecular weight is 367 g/mol. The molecule has 6 nitrogen and oxygen atoms in total. The monoisotopic (exact) mass is 366 g/mol. The van der Waals surface area contributed by atoms with E-state index in [2.05, 4.69) is 32.6 Å². The molecule has 4 unspecified atom stereocenters. The van der Waals surface area contributed by atoms with Gasteiger partial charge in [-0.05, 0) is 50.4 Å². The van der Waals surface area contributed by atoms with Crippen LogP contribution in [0.2, 0.25) is 0 Å². The lowest BCUT2D eigenvalue weighted by molar-refractivity contribution is -0.00734. The van der Waals surface area contributed by atoms with E-state index < -0.39 is 10.0 Å². The van der Waals surface area contributed by atoms with Crippen molar-refractivity contribution in [1.29, 1.82) is 0 Å². The third-order valence-corrected chi connectivity index (χ3v) is 6.31. The van der Waals surface area contributed by atoms with Gasteiger partial charge in [0.25, 0.3) is 0 Å². The van der Waals surface area contributed by atoms with Crippen LogP contribution < -0.4 is 4.72 Å². The van der Waals surface area contributed by atoms with Crippen molar-refractivity contribution in [1.82, 2.24) is 19.5 Å². The zero-order valence-electron chi connectivity index (χ0n) is 15.3. The lowest BCUT2D eigenvalue weighted by Gasteiger charge is -2.50. The second-order valence-corrected chi connectivity index (χ2v) is 9.48. The minimum atomic E-state index is -3.10. The first-order valence-electron chi connectivity index (χ1n) is 9.18. The number of sulfonamides is 1. The highest BCUT2D eigenvalue weighted by Crippen LogP contribution is 2.36. The second-order valence-electron chi connectivity index (χ2n) is 7.65. The highest BCUT2D eigenvalue weighted by atomic mass is 32.2. The second kappa shape index (κ2) is 8.12. The molecule has 0 radical (unpaired) electrons. The molecule has 1 aromatic rings. The van der Waals surface area contributed by atoms with Crippen molar-refractivity contribution in [3.63, 3.8) is 0 Å². The summed E-state index contributed by atoms with van der Waals surface area (Å²) in [6.45, 7) is 4.89. The summed E-state index contributed by atoms with van der Waals surface area (Å²) in [7, 11) is -0.900. The molecule has 3 saturated heterocycles. The number of nitrogens with one attached hydrogen (secondary N) is 1. The fourth-order valence-electron chi connectivity index (χ4n) is 4.26. The molecule has 1 N–H and O–H groups in total. The van der Waals surface area contributed by atoms with Gasteiger partial charge < -0.3 is 4.90 Å². The van der Waals surface area contributed by atoms with E-state index in [-0.39, 0.29) is 0 Å². The number of pyridine rings is 1. The van der Waals surface area contributed by atoms with Crippen LogP contribution in [0.15, 0.2) is 24.4 Å². The predicted molar refractivity (Wildman–Crippen MR) is 99.9 cm³/mol. The highest BCUT2D eigenvalue weighted by Gasteiger charge is 2.40. The Bertz CT molecular complexity index is 652. The van der Waals surface area contributed by atoms with Gasteiger partial charge >= 0.3 is 0 Å². The van der Waals surface area contributed by atoms with Gasteiger partial charge in [-0.2, -0.15) is 0 Å². The van der Waals surface area contributed by atoms with E-state index in [1.807, 2.05) is 18.3 Å². The zero-order chi connectivity index (χ0) is 17.9. The van der Waals surface area contributed by atoms with Crippen LogP contribution in [-0.4, -0.2) is 75.3 Å². The molecule has 140 valence electrons. The zero-order valence-corrected chi connectivity index (χ0v) is 16.1. The quantitative estimate of drug-likeness (QED) is 0.738. The Balaban J connectivity index is 1.45. The molecule has 0 aliphatic carbocycles. The molecule has 7 heteroatoms. The third-order valence-electron chi connectivity index (χ3n) is 5.62. The van der Waals surface area contributed by atoms with Crippen LogP contribution >= 0.6 is 0 Å². The van der Waals surface area contributed by atoms with Crippen LogP contribution in [0.4, 0.5) is 0 Å². The van der Waals surface area contributed by atoms with E-state index in [1.54, 1.807) is 0 Å². The molecular formula is C18H30N4O2S. The molecule has 0 spiro atoms. The lowest BCUT2D eigenvalue weighted by Crippen LogP contribution is -2.58. The number of hydrogen-bond donors (Lipinski definition) is 1. The van der Waals surface area contributed by atoms with Gasteiger partial charge in [-0.25, -0.2) is 13.1 Å². The van der Waals surface area contributed by atoms with Crippen LogP contribution in [0.5, 0.6) is 0 Å². The van der Waals surface area contributed by atoms with Gasteiger partial charge in [-0.15, -0.1) is 0 Å². The van der Waals surface area contributed by atoms with Gasteiger partial charge in [-0.3, -0.25) is 9.88 Å². The Morgan fingerprint density at radius 1 is 1.40 bits per heavy atom. The number of aromatic nitrogens is 1. The lowest BCUT2D eigenvalue weighted by atomic mass is 9.75. The Kier molecular flexibility index (Phi) is 6.09. The standard InChI is InChI=1S/C18H30N4O2S/c1-21(9-7-17-5-3-4-8-19-17)13-16-14-22-10-6-15(16)11-18(22)12-20-25(2,23)24/h3-5,8,15-16,18,20H,6-7,9-14H2,1-2H3. The Labute approximate surface area is 151 Å². The fourth-order valence-corrected chi connectivity index (χ4v) is 4.75. The summed E-state index contributed by atoms with van der Waals surface area (Å²) in [6.07, 6.45) is 6.44. The fraction of sp³-hybridized carbons (Fsp3) is 0.722. The average Bonchev–Trinajstić information content (AvgIpc) is 2.59. The molecule has 0 amide bonds. The normalized spacial score (nSPS) is 29.2. The first-order valence-corrected chi connectivity index (χ1v) is 11.1. The number of fused-ring (bicyclic) bond motifs is 3. The van der Waals surface area contributed by atoms with Crippen molar-refractivity contribution in [2.75, 3.05) is 46.0 Å². The first-order chi connectivity index (χ1) is 11.9. The van der Waals surface area contributed by atoms with Gasteiger partial charge in [-0.1, -0.05) is 6.07 Å². The predicted octanol–water partition coefficient (Wildman–Crippen LogP) is 0.816. The van der Waals surface area contributed by atoms with Crippen LogP contribution in [0, 0.1) is 11.8 Å². The largest absolute Gasteiger partial charge is 0.306 e. The minimum Gasteiger partial charge on any atom is -0.306 e. The van der Waals surface area contributed by atoms with E-state index in [4.69, 9.17) is 0 Å². The van der Waals surface area contributed by atoms with Gasteiger partial charge in [0.1, 0.15) is 0 Å². The van der Waals surface area contributed by atoms with E-state index in [1.165, 1.54) is 12.7 Å². The Morgan fingerprint density at radius 2 is 2.24 bits per heavy atom. The smallest absolute Gasteiger partial charge is 0.208 e. The molecule has 0 saturated carbocycles. The van der Waals surface area contributed by atoms with E-state index in [9.17, 15) is 8.42 Å². The van der Waals surface area contributed by atoms with Crippen LogP contribution in [-0.2, 0) is 16.4 Å². The molecule has 4 atom stereocenters. The first kappa shape index (κ1) is 18.8. The molecule has 2 bridgehead atoms. The third kappa shape index (κ3) is 5.48. The van der Waals surface area contributed by atoms with Gasteiger partial charge in [0.05, 0.1) is 6.26 Å². The maximum Gasteiger partial charge on any atom is 0.208 e. The van der Waals surface area contributed by atoms with Crippen LogP contribution in [0.1, 0.15) is 18.5 Å². The molecule has 1 aromatic heterocycles.